The lowest BCUT2D eigenvalue weighted by atomic mass is 10.1. The highest BCUT2D eigenvalue weighted by Gasteiger charge is 2.62. The van der Waals surface area contributed by atoms with E-state index in [9.17, 15) is 10.1 Å². The molecule has 1 unspecified atom stereocenters. The van der Waals surface area contributed by atoms with E-state index in [-0.39, 0.29) is 10.6 Å². The van der Waals surface area contributed by atoms with Gasteiger partial charge in [-0.05, 0) is 78.0 Å². The standard InChI is InChI=1S/C48H26N3O6Si2/c52-51(53)29-23-25-30(26-24-29)59-46-32-16-8-20-36(46)55-37-21-10-22-38(47(37)59)57-42-41-45-39(40(48(42)59)50(32)28-13-5-2-6-14-28)49(27-11-3-1-4-12-27)31-15-7-17-33-43(31)58(45)44-34(54-33)18-9-19-35(44)56-41/h1-26H. The van der Waals surface area contributed by atoms with Gasteiger partial charge in [0.15, 0.2) is 20.3 Å². The lowest BCUT2D eigenvalue weighted by molar-refractivity contribution is -0.384. The number of fused-ring (bicyclic) bond motifs is 2. The van der Waals surface area contributed by atoms with Gasteiger partial charge < -0.3 is 28.7 Å². The van der Waals surface area contributed by atoms with Crippen LogP contribution in [0.5, 0.6) is 46.0 Å². The molecule has 0 aliphatic carbocycles. The molecule has 0 amide bonds. The summed E-state index contributed by atoms with van der Waals surface area (Å²) in [6, 6.07) is 53.0. The molecule has 8 aromatic rings. The van der Waals surface area contributed by atoms with Crippen LogP contribution in [0.1, 0.15) is 0 Å². The van der Waals surface area contributed by atoms with Crippen LogP contribution in [0.3, 0.4) is 0 Å². The number of non-ortho nitro benzene ring substituents is 1. The molecule has 0 spiro atoms. The number of hydrogen-bond acceptors (Lipinski definition) is 8. The normalized spacial score (nSPS) is 17.1. The summed E-state index contributed by atoms with van der Waals surface area (Å²) in [4.78, 5) is 16.6. The lowest BCUT2D eigenvalue weighted by Crippen LogP contribution is -2.80. The Balaban J connectivity index is 1.24. The Labute approximate surface area is 339 Å². The van der Waals surface area contributed by atoms with Crippen molar-refractivity contribution < 1.29 is 23.9 Å². The molecule has 0 saturated heterocycles. The Hall–Kier alpha value is -7.61. The van der Waals surface area contributed by atoms with Gasteiger partial charge in [0.05, 0.1) is 22.0 Å². The van der Waals surface area contributed by atoms with Crippen LogP contribution >= 0.6 is 0 Å². The Morgan fingerprint density at radius 1 is 0.458 bits per heavy atom. The van der Waals surface area contributed by atoms with Gasteiger partial charge in [0.1, 0.15) is 34.5 Å². The molecule has 6 aliphatic heterocycles. The first kappa shape index (κ1) is 31.5. The lowest BCUT2D eigenvalue weighted by Gasteiger charge is -2.53. The van der Waals surface area contributed by atoms with Gasteiger partial charge in [-0.15, -0.1) is 0 Å². The first-order valence-electron chi connectivity index (χ1n) is 19.4. The van der Waals surface area contributed by atoms with Gasteiger partial charge in [-0.3, -0.25) is 10.1 Å². The SMILES string of the molecule is O=[N+]([O-])c1ccc([Si]23c4c5cccc4Oc4c6c7c(c(c42)N(c2ccccc2)c2cccc(c23)O5)N(c2ccccc2)c2cccc3c2[Si]7c2c(cccc2O6)O3)cc1. The third kappa shape index (κ3) is 3.71. The first-order chi connectivity index (χ1) is 29.1. The van der Waals surface area contributed by atoms with Gasteiger partial charge in [0, 0.05) is 60.3 Å². The van der Waals surface area contributed by atoms with E-state index in [2.05, 4.69) is 94.7 Å². The monoisotopic (exact) mass is 796 g/mol. The molecule has 59 heavy (non-hydrogen) atoms. The molecule has 0 saturated carbocycles. The quantitative estimate of drug-likeness (QED) is 0.103. The Bertz CT molecular complexity index is 3240. The summed E-state index contributed by atoms with van der Waals surface area (Å²) in [7, 11) is -5.31. The number of rotatable bonds is 4. The third-order valence-corrected chi connectivity index (χ3v) is 20.4. The Morgan fingerprint density at radius 2 is 0.983 bits per heavy atom. The summed E-state index contributed by atoms with van der Waals surface area (Å²) in [5.41, 5.74) is 6.07. The first-order valence-corrected chi connectivity index (χ1v) is 22.9. The smallest absolute Gasteiger partial charge is 0.269 e. The van der Waals surface area contributed by atoms with Gasteiger partial charge >= 0.3 is 0 Å². The molecule has 0 N–H and O–H groups in total. The fourth-order valence-electron chi connectivity index (χ4n) is 10.5. The van der Waals surface area contributed by atoms with Crippen LogP contribution in [0.4, 0.5) is 39.8 Å². The van der Waals surface area contributed by atoms with Crippen molar-refractivity contribution in [3.05, 3.63) is 168 Å². The summed E-state index contributed by atoms with van der Waals surface area (Å²) in [5, 5.41) is 19.6. The fraction of sp³-hybridized carbons (Fsp3) is 0. The zero-order valence-corrected chi connectivity index (χ0v) is 32.8. The zero-order valence-electron chi connectivity index (χ0n) is 30.8. The molecule has 14 rings (SSSR count). The molecule has 0 fully saturated rings. The van der Waals surface area contributed by atoms with Gasteiger partial charge in [0.2, 0.25) is 8.07 Å². The van der Waals surface area contributed by atoms with E-state index >= 15 is 0 Å². The van der Waals surface area contributed by atoms with Crippen LogP contribution in [0.2, 0.25) is 0 Å². The molecule has 277 valence electrons. The van der Waals surface area contributed by atoms with Crippen LogP contribution < -0.4 is 65.1 Å². The van der Waals surface area contributed by atoms with Crippen LogP contribution in [0.25, 0.3) is 0 Å². The van der Waals surface area contributed by atoms with E-state index in [1.54, 1.807) is 12.1 Å². The molecule has 8 aromatic carbocycles. The highest BCUT2D eigenvalue weighted by Crippen LogP contribution is 2.58. The average molecular weight is 797 g/mol. The maximum absolute atomic E-state index is 12.2. The van der Waals surface area contributed by atoms with Gasteiger partial charge in [-0.2, -0.15) is 0 Å². The van der Waals surface area contributed by atoms with Crippen molar-refractivity contribution >= 4 is 93.0 Å². The van der Waals surface area contributed by atoms with E-state index in [1.807, 2.05) is 60.7 Å². The topological polar surface area (TPSA) is 86.5 Å². The number of nitro benzene ring substituents is 1. The fourth-order valence-corrected chi connectivity index (χ4v) is 19.1. The minimum atomic E-state index is -3.51. The zero-order chi connectivity index (χ0) is 38.7. The van der Waals surface area contributed by atoms with Gasteiger partial charge in [-0.1, -0.05) is 72.8 Å². The van der Waals surface area contributed by atoms with Crippen molar-refractivity contribution in [3.8, 4) is 46.0 Å². The summed E-state index contributed by atoms with van der Waals surface area (Å²) >= 11 is 0. The van der Waals surface area contributed by atoms with Crippen LogP contribution in [0, 0.1) is 10.1 Å². The van der Waals surface area contributed by atoms with Gasteiger partial charge in [0.25, 0.3) is 5.69 Å². The summed E-state index contributed by atoms with van der Waals surface area (Å²) < 4.78 is 28.3. The number of nitro groups is 1. The van der Waals surface area contributed by atoms with Crippen molar-refractivity contribution in [1.29, 1.82) is 0 Å². The molecule has 0 aromatic heterocycles. The summed E-state index contributed by atoms with van der Waals surface area (Å²) in [5.74, 6) is 5.96. The molecule has 11 heteroatoms. The van der Waals surface area contributed by atoms with Crippen molar-refractivity contribution in [1.82, 2.24) is 0 Å². The third-order valence-electron chi connectivity index (χ3n) is 12.6. The van der Waals surface area contributed by atoms with Crippen molar-refractivity contribution in [2.45, 2.75) is 0 Å². The number of hydrogen-bond donors (Lipinski definition) is 0. The van der Waals surface area contributed by atoms with Gasteiger partial charge in [-0.25, -0.2) is 0 Å². The minimum absolute atomic E-state index is 0.0339. The molecule has 1 atom stereocenters. The van der Waals surface area contributed by atoms with E-state index in [1.165, 1.54) is 5.19 Å². The largest absolute Gasteiger partial charge is 0.457 e. The predicted octanol–water partition coefficient (Wildman–Crippen LogP) is 7.48. The molecule has 0 bridgehead atoms. The summed E-state index contributed by atoms with van der Waals surface area (Å²) in [6.45, 7) is 0. The number of anilines is 6. The molecular weight excluding hydrogens is 771 g/mol. The molecular formula is C48H26N3O6Si2. The molecule has 6 heterocycles. The average Bonchev–Trinajstić information content (AvgIpc) is 3.28. The number of benzene rings is 8. The van der Waals surface area contributed by atoms with E-state index in [0.29, 0.717) is 17.2 Å². The molecule has 9 nitrogen and oxygen atoms in total. The van der Waals surface area contributed by atoms with E-state index < -0.39 is 16.9 Å². The maximum Gasteiger partial charge on any atom is 0.269 e. The molecule has 1 radical (unpaired) electrons. The van der Waals surface area contributed by atoms with Crippen molar-refractivity contribution in [2.75, 3.05) is 9.80 Å². The highest BCUT2D eigenvalue weighted by atomic mass is 28.3. The second kappa shape index (κ2) is 10.9. The van der Waals surface area contributed by atoms with E-state index in [0.717, 1.165) is 94.0 Å². The number of para-hydroxylation sites is 2. The van der Waals surface area contributed by atoms with Crippen molar-refractivity contribution in [2.24, 2.45) is 0 Å². The number of nitrogens with zero attached hydrogens (tertiary/aromatic N) is 3. The second-order valence-electron chi connectivity index (χ2n) is 15.3. The minimum Gasteiger partial charge on any atom is -0.457 e. The Morgan fingerprint density at radius 3 is 1.66 bits per heavy atom. The maximum atomic E-state index is 12.2. The highest BCUT2D eigenvalue weighted by molar-refractivity contribution is 7.23. The summed E-state index contributed by atoms with van der Waals surface area (Å²) in [6.07, 6.45) is 0. The van der Waals surface area contributed by atoms with E-state index in [4.69, 9.17) is 18.9 Å². The second-order valence-corrected chi connectivity index (χ2v) is 21.2. The van der Waals surface area contributed by atoms with Crippen LogP contribution in [0.15, 0.2) is 158 Å². The Kier molecular flexibility index (Phi) is 5.79. The number of ether oxygens (including phenoxy) is 4. The van der Waals surface area contributed by atoms with Crippen LogP contribution in [-0.2, 0) is 0 Å². The molecule has 6 aliphatic rings. The predicted molar refractivity (Wildman–Crippen MR) is 231 cm³/mol. The van der Waals surface area contributed by atoms with Crippen LogP contribution in [-0.4, -0.2) is 21.8 Å². The van der Waals surface area contributed by atoms with Crippen molar-refractivity contribution in [3.63, 3.8) is 0 Å².